The average molecular weight is 270 g/mol. The molecule has 1 heterocycles. The van der Waals surface area contributed by atoms with Crippen LogP contribution >= 0.6 is 15.9 Å². The largest absolute Gasteiger partial charge is 0.370 e. The van der Waals surface area contributed by atoms with Crippen LogP contribution in [0, 0.1) is 6.92 Å². The van der Waals surface area contributed by atoms with Gasteiger partial charge < -0.3 is 9.64 Å². The Morgan fingerprint density at radius 2 is 2.27 bits per heavy atom. The molecule has 80 valence electrons. The van der Waals surface area contributed by atoms with Crippen LogP contribution in [0.1, 0.15) is 5.56 Å². The number of halogens is 1. The van der Waals surface area contributed by atoms with Gasteiger partial charge in [0.2, 0.25) is 0 Å². The van der Waals surface area contributed by atoms with E-state index in [1.807, 2.05) is 25.1 Å². The van der Waals surface area contributed by atoms with Gasteiger partial charge in [0.15, 0.2) is 0 Å². The molecular formula is C11H12BrNO2. The van der Waals surface area contributed by atoms with Crippen LogP contribution in [-0.4, -0.2) is 25.7 Å². The second kappa shape index (κ2) is 4.33. The lowest BCUT2D eigenvalue weighted by Gasteiger charge is -2.27. The number of hydrogen-bond acceptors (Lipinski definition) is 2. The van der Waals surface area contributed by atoms with Gasteiger partial charge in [-0.15, -0.1) is 0 Å². The third-order valence-electron chi connectivity index (χ3n) is 2.44. The lowest BCUT2D eigenvalue weighted by Crippen LogP contribution is -2.41. The van der Waals surface area contributed by atoms with Gasteiger partial charge in [-0.05, 0) is 30.7 Å². The first-order chi connectivity index (χ1) is 7.18. The first-order valence-electron chi connectivity index (χ1n) is 4.83. The van der Waals surface area contributed by atoms with Gasteiger partial charge in [-0.25, -0.2) is 0 Å². The van der Waals surface area contributed by atoms with E-state index in [2.05, 4.69) is 15.9 Å². The van der Waals surface area contributed by atoms with Crippen LogP contribution in [0.15, 0.2) is 22.7 Å². The Hall–Kier alpha value is -0.870. The van der Waals surface area contributed by atoms with Crippen molar-refractivity contribution in [3.05, 3.63) is 28.2 Å². The van der Waals surface area contributed by atoms with Crippen molar-refractivity contribution in [2.24, 2.45) is 0 Å². The number of aryl methyl sites for hydroxylation is 1. The summed E-state index contributed by atoms with van der Waals surface area (Å²) in [5.74, 6) is 0.0305. The molecule has 0 spiro atoms. The predicted molar refractivity (Wildman–Crippen MR) is 62.1 cm³/mol. The number of amides is 1. The van der Waals surface area contributed by atoms with Crippen LogP contribution in [0.5, 0.6) is 0 Å². The van der Waals surface area contributed by atoms with Gasteiger partial charge in [-0.3, -0.25) is 4.79 Å². The Morgan fingerprint density at radius 1 is 1.47 bits per heavy atom. The fourth-order valence-electron chi connectivity index (χ4n) is 1.59. The van der Waals surface area contributed by atoms with Crippen LogP contribution in [0.25, 0.3) is 0 Å². The second-order valence-electron chi connectivity index (χ2n) is 3.53. The minimum atomic E-state index is 0.0305. The van der Waals surface area contributed by atoms with Gasteiger partial charge in [0.25, 0.3) is 5.91 Å². The first kappa shape index (κ1) is 10.6. The van der Waals surface area contributed by atoms with Gasteiger partial charge in [0.05, 0.1) is 6.61 Å². The zero-order valence-electron chi connectivity index (χ0n) is 8.50. The number of carbonyl (C=O) groups excluding carboxylic acids is 1. The molecule has 15 heavy (non-hydrogen) atoms. The minimum absolute atomic E-state index is 0.0305. The molecule has 1 amide bonds. The molecule has 1 fully saturated rings. The van der Waals surface area contributed by atoms with Gasteiger partial charge in [0, 0.05) is 16.7 Å². The monoisotopic (exact) mass is 269 g/mol. The third-order valence-corrected chi connectivity index (χ3v) is 3.33. The fraction of sp³-hybridized carbons (Fsp3) is 0.364. The molecule has 1 aromatic rings. The van der Waals surface area contributed by atoms with Crippen molar-refractivity contribution in [2.75, 3.05) is 24.7 Å². The number of morpholine rings is 1. The van der Waals surface area contributed by atoms with E-state index >= 15 is 0 Å². The highest BCUT2D eigenvalue weighted by Crippen LogP contribution is 2.23. The minimum Gasteiger partial charge on any atom is -0.370 e. The van der Waals surface area contributed by atoms with Crippen LogP contribution in [-0.2, 0) is 9.53 Å². The lowest BCUT2D eigenvalue weighted by molar-refractivity contribution is -0.125. The molecule has 0 saturated carbocycles. The van der Waals surface area contributed by atoms with Gasteiger partial charge in [-0.2, -0.15) is 0 Å². The molecular weight excluding hydrogens is 258 g/mol. The van der Waals surface area contributed by atoms with E-state index in [0.717, 1.165) is 15.7 Å². The number of rotatable bonds is 1. The van der Waals surface area contributed by atoms with E-state index in [9.17, 15) is 4.79 Å². The number of nitrogens with zero attached hydrogens (tertiary/aromatic N) is 1. The highest BCUT2D eigenvalue weighted by molar-refractivity contribution is 9.10. The van der Waals surface area contributed by atoms with Crippen molar-refractivity contribution in [1.29, 1.82) is 0 Å². The number of anilines is 1. The topological polar surface area (TPSA) is 29.5 Å². The number of hydrogen-bond donors (Lipinski definition) is 0. The van der Waals surface area contributed by atoms with Gasteiger partial charge >= 0.3 is 0 Å². The molecule has 0 unspecified atom stereocenters. The van der Waals surface area contributed by atoms with Crippen molar-refractivity contribution in [3.63, 3.8) is 0 Å². The van der Waals surface area contributed by atoms with Crippen molar-refractivity contribution >= 4 is 27.5 Å². The molecule has 2 rings (SSSR count). The second-order valence-corrected chi connectivity index (χ2v) is 4.39. The maximum atomic E-state index is 11.6. The summed E-state index contributed by atoms with van der Waals surface area (Å²) in [5.41, 5.74) is 2.08. The molecule has 4 heteroatoms. The van der Waals surface area contributed by atoms with Gasteiger partial charge in [0.1, 0.15) is 6.61 Å². The van der Waals surface area contributed by atoms with Gasteiger partial charge in [-0.1, -0.05) is 15.9 Å². The highest BCUT2D eigenvalue weighted by Gasteiger charge is 2.20. The molecule has 0 radical (unpaired) electrons. The lowest BCUT2D eigenvalue weighted by atomic mass is 10.2. The van der Waals surface area contributed by atoms with Crippen LogP contribution in [0.4, 0.5) is 5.69 Å². The molecule has 1 aromatic carbocycles. The highest BCUT2D eigenvalue weighted by atomic mass is 79.9. The summed E-state index contributed by atoms with van der Waals surface area (Å²) in [7, 11) is 0. The average Bonchev–Trinajstić information content (AvgIpc) is 2.23. The SMILES string of the molecule is Cc1cc(N2CCOCC2=O)ccc1Br. The summed E-state index contributed by atoms with van der Waals surface area (Å²) < 4.78 is 6.15. The molecule has 3 nitrogen and oxygen atoms in total. The molecule has 0 N–H and O–H groups in total. The van der Waals surface area contributed by atoms with Crippen LogP contribution in [0.3, 0.4) is 0 Å². The molecule has 1 aliphatic rings. The first-order valence-corrected chi connectivity index (χ1v) is 5.62. The molecule has 0 bridgehead atoms. The summed E-state index contributed by atoms with van der Waals surface area (Å²) >= 11 is 3.44. The Morgan fingerprint density at radius 3 is 2.93 bits per heavy atom. The van der Waals surface area contributed by atoms with Crippen LogP contribution < -0.4 is 4.90 Å². The van der Waals surface area contributed by atoms with E-state index in [1.165, 1.54) is 0 Å². The Bertz CT molecular complexity index is 392. The molecule has 0 aromatic heterocycles. The van der Waals surface area contributed by atoms with E-state index in [-0.39, 0.29) is 12.5 Å². The Kier molecular flexibility index (Phi) is 3.07. The quantitative estimate of drug-likeness (QED) is 0.782. The number of ether oxygens (including phenoxy) is 1. The van der Waals surface area contributed by atoms with Crippen molar-refractivity contribution in [1.82, 2.24) is 0 Å². The van der Waals surface area contributed by atoms with E-state index < -0.39 is 0 Å². The summed E-state index contributed by atoms with van der Waals surface area (Å²) in [5, 5.41) is 0. The fourth-order valence-corrected chi connectivity index (χ4v) is 1.83. The maximum absolute atomic E-state index is 11.6. The predicted octanol–water partition coefficient (Wildman–Crippen LogP) is 2.12. The standard InChI is InChI=1S/C11H12BrNO2/c1-8-6-9(2-3-10(8)12)13-4-5-15-7-11(13)14/h2-3,6H,4-5,7H2,1H3. The third kappa shape index (κ3) is 2.21. The maximum Gasteiger partial charge on any atom is 0.253 e. The zero-order valence-corrected chi connectivity index (χ0v) is 10.1. The Labute approximate surface area is 97.2 Å². The van der Waals surface area contributed by atoms with Crippen molar-refractivity contribution < 1.29 is 9.53 Å². The van der Waals surface area contributed by atoms with E-state index in [0.29, 0.717) is 13.2 Å². The number of carbonyl (C=O) groups is 1. The normalized spacial score (nSPS) is 16.9. The van der Waals surface area contributed by atoms with E-state index in [1.54, 1.807) is 4.90 Å². The molecule has 0 atom stereocenters. The van der Waals surface area contributed by atoms with Crippen LogP contribution in [0.2, 0.25) is 0 Å². The molecule has 1 saturated heterocycles. The molecule has 1 aliphatic heterocycles. The summed E-state index contributed by atoms with van der Waals surface area (Å²) in [6, 6.07) is 5.92. The van der Waals surface area contributed by atoms with Crippen molar-refractivity contribution in [2.45, 2.75) is 6.92 Å². The summed E-state index contributed by atoms with van der Waals surface area (Å²) in [6.45, 7) is 3.45. The van der Waals surface area contributed by atoms with E-state index in [4.69, 9.17) is 4.74 Å². The summed E-state index contributed by atoms with van der Waals surface area (Å²) in [4.78, 5) is 13.3. The van der Waals surface area contributed by atoms with Crippen molar-refractivity contribution in [3.8, 4) is 0 Å². The summed E-state index contributed by atoms with van der Waals surface area (Å²) in [6.07, 6.45) is 0. The zero-order chi connectivity index (χ0) is 10.8. The number of benzene rings is 1. The smallest absolute Gasteiger partial charge is 0.253 e. The Balaban J connectivity index is 2.28. The molecule has 0 aliphatic carbocycles.